The summed E-state index contributed by atoms with van der Waals surface area (Å²) in [7, 11) is 0. The van der Waals surface area contributed by atoms with Crippen molar-refractivity contribution >= 4 is 11.8 Å². The van der Waals surface area contributed by atoms with E-state index in [0.717, 1.165) is 32.5 Å². The van der Waals surface area contributed by atoms with Crippen molar-refractivity contribution in [1.82, 2.24) is 9.80 Å². The quantitative estimate of drug-likeness (QED) is 0.534. The molecular weight excluding hydrogens is 472 g/mol. The summed E-state index contributed by atoms with van der Waals surface area (Å²) in [5.74, 6) is -4.46. The number of piperidine rings is 1. The molecule has 37 heavy (non-hydrogen) atoms. The predicted octanol–water partition coefficient (Wildman–Crippen LogP) is 2.44. The average Bonchev–Trinajstić information content (AvgIpc) is 3.38. The van der Waals surface area contributed by atoms with Crippen molar-refractivity contribution in [2.75, 3.05) is 19.7 Å². The molecule has 6 atom stereocenters. The number of imide groups is 1. The minimum atomic E-state index is -1.70. The summed E-state index contributed by atoms with van der Waals surface area (Å²) in [6.45, 7) is 2.13. The molecule has 2 aromatic rings. The maximum atomic E-state index is 13.8. The standard InChI is InChI=1S/C29H34N2O6/c32-17-20-14-23-26(24-15-25(37-29(20,24)36)19-7-4-8-22(33)13-19)28(35)31(27(23)34)21-9-11-30(12-10-21)16-18-5-2-1-3-6-18/h1-8,13,20-21,23-26,32-33,36H,9-12,14-17H2/t20-,23+,24+,25+,26+,29-/m1/s1. The van der Waals surface area contributed by atoms with Crippen molar-refractivity contribution < 1.29 is 29.6 Å². The van der Waals surface area contributed by atoms with Crippen molar-refractivity contribution in [3.63, 3.8) is 0 Å². The van der Waals surface area contributed by atoms with E-state index in [0.29, 0.717) is 12.0 Å². The Kier molecular flexibility index (Phi) is 6.31. The number of ether oxygens (including phenoxy) is 1. The van der Waals surface area contributed by atoms with E-state index in [4.69, 9.17) is 4.74 Å². The van der Waals surface area contributed by atoms with Gasteiger partial charge in [0, 0.05) is 37.5 Å². The molecule has 0 radical (unpaired) electrons. The van der Waals surface area contributed by atoms with Crippen molar-refractivity contribution in [3.8, 4) is 5.75 Å². The first-order valence-electron chi connectivity index (χ1n) is 13.3. The van der Waals surface area contributed by atoms with Gasteiger partial charge in [0.25, 0.3) is 0 Å². The zero-order valence-electron chi connectivity index (χ0n) is 20.8. The monoisotopic (exact) mass is 506 g/mol. The molecule has 0 bridgehead atoms. The lowest BCUT2D eigenvalue weighted by molar-refractivity contribution is -0.274. The van der Waals surface area contributed by atoms with Crippen LogP contribution in [-0.4, -0.2) is 68.5 Å². The lowest BCUT2D eigenvalue weighted by atomic mass is 9.64. The van der Waals surface area contributed by atoms with Gasteiger partial charge in [-0.05, 0) is 48.9 Å². The number of carbonyl (C=O) groups excluding carboxylic acids is 2. The fraction of sp³-hybridized carbons (Fsp3) is 0.517. The molecule has 3 heterocycles. The van der Waals surface area contributed by atoms with E-state index in [9.17, 15) is 24.9 Å². The third-order valence-corrected chi connectivity index (χ3v) is 9.03. The van der Waals surface area contributed by atoms with Gasteiger partial charge in [-0.15, -0.1) is 0 Å². The molecule has 4 aliphatic rings. The molecule has 1 saturated carbocycles. The second kappa shape index (κ2) is 9.51. The Morgan fingerprint density at radius 3 is 2.43 bits per heavy atom. The molecule has 0 unspecified atom stereocenters. The molecule has 2 amide bonds. The fourth-order valence-electron chi connectivity index (χ4n) is 7.19. The van der Waals surface area contributed by atoms with Crippen LogP contribution in [0.15, 0.2) is 54.6 Å². The number of phenols is 1. The summed E-state index contributed by atoms with van der Waals surface area (Å²) in [5.41, 5.74) is 1.95. The minimum Gasteiger partial charge on any atom is -0.508 e. The molecule has 2 aromatic carbocycles. The van der Waals surface area contributed by atoms with Crippen LogP contribution >= 0.6 is 0 Å². The number of benzene rings is 2. The number of aromatic hydroxyl groups is 1. The highest BCUT2D eigenvalue weighted by atomic mass is 16.6. The van der Waals surface area contributed by atoms with Crippen LogP contribution in [0.5, 0.6) is 5.75 Å². The van der Waals surface area contributed by atoms with Gasteiger partial charge in [0.2, 0.25) is 11.8 Å². The van der Waals surface area contributed by atoms with E-state index in [-0.39, 0.29) is 36.6 Å². The summed E-state index contributed by atoms with van der Waals surface area (Å²) in [5, 5.41) is 31.7. The number of phenolic OH excluding ortho intramolecular Hbond substituents is 1. The average molecular weight is 507 g/mol. The third kappa shape index (κ3) is 4.16. The Hall–Kier alpha value is -2.78. The van der Waals surface area contributed by atoms with Crippen molar-refractivity contribution in [1.29, 1.82) is 0 Å². The fourth-order valence-corrected chi connectivity index (χ4v) is 7.19. The maximum absolute atomic E-state index is 13.8. The van der Waals surface area contributed by atoms with Crippen LogP contribution in [0, 0.1) is 23.7 Å². The lowest BCUT2D eigenvalue weighted by Gasteiger charge is -2.44. The van der Waals surface area contributed by atoms with Gasteiger partial charge in [-0.2, -0.15) is 0 Å². The second-order valence-electron chi connectivity index (χ2n) is 11.1. The van der Waals surface area contributed by atoms with Gasteiger partial charge in [-0.25, -0.2) is 0 Å². The lowest BCUT2D eigenvalue weighted by Crippen LogP contribution is -2.54. The number of aliphatic hydroxyl groups is 2. The number of rotatable bonds is 5. The number of nitrogens with zero attached hydrogens (tertiary/aromatic N) is 2. The summed E-state index contributed by atoms with van der Waals surface area (Å²) < 4.78 is 6.14. The second-order valence-corrected chi connectivity index (χ2v) is 11.1. The van der Waals surface area contributed by atoms with Crippen LogP contribution in [0.4, 0.5) is 0 Å². The Bertz CT molecular complexity index is 1170. The van der Waals surface area contributed by atoms with Crippen molar-refractivity contribution in [3.05, 3.63) is 65.7 Å². The molecule has 6 rings (SSSR count). The summed E-state index contributed by atoms with van der Waals surface area (Å²) in [6, 6.07) is 16.8. The number of amides is 2. The number of likely N-dealkylation sites (tertiary alicyclic amines) is 2. The summed E-state index contributed by atoms with van der Waals surface area (Å²) in [4.78, 5) is 31.3. The molecule has 3 saturated heterocycles. The molecule has 8 heteroatoms. The molecule has 4 fully saturated rings. The van der Waals surface area contributed by atoms with Gasteiger partial charge < -0.3 is 20.1 Å². The minimum absolute atomic E-state index is 0.0939. The van der Waals surface area contributed by atoms with Crippen molar-refractivity contribution in [2.24, 2.45) is 23.7 Å². The molecular formula is C29H34N2O6. The number of hydrogen-bond acceptors (Lipinski definition) is 7. The molecule has 8 nitrogen and oxygen atoms in total. The molecule has 196 valence electrons. The van der Waals surface area contributed by atoms with Gasteiger partial charge in [-0.1, -0.05) is 42.5 Å². The molecule has 1 aliphatic carbocycles. The predicted molar refractivity (Wildman–Crippen MR) is 134 cm³/mol. The topological polar surface area (TPSA) is 111 Å². The largest absolute Gasteiger partial charge is 0.508 e. The highest BCUT2D eigenvalue weighted by Crippen LogP contribution is 2.58. The number of hydrogen-bond donors (Lipinski definition) is 3. The van der Waals surface area contributed by atoms with Crippen LogP contribution in [0.3, 0.4) is 0 Å². The van der Waals surface area contributed by atoms with Crippen molar-refractivity contribution in [2.45, 2.75) is 50.2 Å². The normalized spacial score (nSPS) is 34.5. The first kappa shape index (κ1) is 24.6. The Balaban J connectivity index is 1.20. The Labute approximate surface area is 216 Å². The summed E-state index contributed by atoms with van der Waals surface area (Å²) in [6.07, 6.45) is 1.48. The molecule has 0 aromatic heterocycles. The molecule has 3 aliphatic heterocycles. The van der Waals surface area contributed by atoms with Crippen LogP contribution in [0.2, 0.25) is 0 Å². The van der Waals surface area contributed by atoms with E-state index in [1.54, 1.807) is 18.2 Å². The number of fused-ring (bicyclic) bond motifs is 3. The molecule has 0 spiro atoms. The van der Waals surface area contributed by atoms with E-state index >= 15 is 0 Å². The van der Waals surface area contributed by atoms with Gasteiger partial charge in [0.05, 0.1) is 24.5 Å². The first-order chi connectivity index (χ1) is 17.9. The maximum Gasteiger partial charge on any atom is 0.233 e. The summed E-state index contributed by atoms with van der Waals surface area (Å²) >= 11 is 0. The third-order valence-electron chi connectivity index (χ3n) is 9.03. The van der Waals surface area contributed by atoms with E-state index in [1.807, 2.05) is 24.3 Å². The zero-order chi connectivity index (χ0) is 25.7. The number of aliphatic hydroxyl groups excluding tert-OH is 1. The number of carbonyl (C=O) groups is 2. The van der Waals surface area contributed by atoms with Gasteiger partial charge in [-0.3, -0.25) is 19.4 Å². The zero-order valence-corrected chi connectivity index (χ0v) is 20.8. The van der Waals surface area contributed by atoms with Gasteiger partial charge >= 0.3 is 0 Å². The van der Waals surface area contributed by atoms with Crippen LogP contribution in [0.25, 0.3) is 0 Å². The van der Waals surface area contributed by atoms with E-state index in [2.05, 4.69) is 17.0 Å². The van der Waals surface area contributed by atoms with Gasteiger partial charge in [0.15, 0.2) is 5.79 Å². The molecule has 3 N–H and O–H groups in total. The SMILES string of the molecule is O=C1[C@H]2[C@H](C[C@H](CO)[C@@]3(O)O[C@H](c4cccc(O)c4)C[C@@H]23)C(=O)N1C1CCN(Cc2ccccc2)CC1. The first-order valence-corrected chi connectivity index (χ1v) is 13.3. The van der Waals surface area contributed by atoms with Gasteiger partial charge in [0.1, 0.15) is 5.75 Å². The highest BCUT2D eigenvalue weighted by Gasteiger charge is 2.67. The van der Waals surface area contributed by atoms with Crippen LogP contribution in [0.1, 0.15) is 42.9 Å². The van der Waals surface area contributed by atoms with E-state index < -0.39 is 35.6 Å². The highest BCUT2D eigenvalue weighted by molar-refractivity contribution is 6.05. The smallest absolute Gasteiger partial charge is 0.233 e. The Morgan fingerprint density at radius 2 is 1.73 bits per heavy atom. The van der Waals surface area contributed by atoms with Crippen LogP contribution < -0.4 is 0 Å². The van der Waals surface area contributed by atoms with Crippen LogP contribution in [-0.2, 0) is 20.9 Å². The Morgan fingerprint density at radius 1 is 0.973 bits per heavy atom. The van der Waals surface area contributed by atoms with E-state index in [1.165, 1.54) is 10.5 Å².